The Morgan fingerprint density at radius 1 is 1.07 bits per heavy atom. The molecule has 14 heavy (non-hydrogen) atoms. The first-order valence-electron chi connectivity index (χ1n) is 5.02. The fourth-order valence-electron chi connectivity index (χ4n) is 0.954. The summed E-state index contributed by atoms with van der Waals surface area (Å²) in [6, 6.07) is 9.55. The average molecular weight is 192 g/mol. The first kappa shape index (κ1) is 10.8. The number of benzene rings is 1. The minimum atomic E-state index is 0.365. The second-order valence-electron chi connectivity index (χ2n) is 3.31. The molecule has 0 aliphatic heterocycles. The molecular weight excluding hydrogens is 176 g/mol. The predicted molar refractivity (Wildman–Crippen MR) is 55.8 cm³/mol. The molecule has 0 aromatic heterocycles. The molecule has 0 unspecified atom stereocenters. The topological polar surface area (TPSA) is 26.3 Å². The van der Waals surface area contributed by atoms with Crippen molar-refractivity contribution >= 4 is 6.47 Å². The summed E-state index contributed by atoms with van der Waals surface area (Å²) in [5, 5.41) is 0. The fraction of sp³-hybridized carbons (Fsp3) is 0.417. The van der Waals surface area contributed by atoms with Gasteiger partial charge in [-0.3, -0.25) is 4.79 Å². The van der Waals surface area contributed by atoms with Crippen LogP contribution in [0.5, 0.6) is 0 Å². The lowest BCUT2D eigenvalue weighted by molar-refractivity contribution is -0.129. The molecule has 76 valence electrons. The van der Waals surface area contributed by atoms with Gasteiger partial charge < -0.3 is 4.74 Å². The molecule has 0 saturated heterocycles. The molecule has 0 spiro atoms. The van der Waals surface area contributed by atoms with Gasteiger partial charge in [0.15, 0.2) is 0 Å². The van der Waals surface area contributed by atoms with Crippen LogP contribution in [-0.2, 0) is 16.1 Å². The van der Waals surface area contributed by atoms with Gasteiger partial charge in [-0.25, -0.2) is 0 Å². The first-order valence-corrected chi connectivity index (χ1v) is 5.02. The summed E-state index contributed by atoms with van der Waals surface area (Å²) in [6.45, 7) is 0.817. The van der Waals surface area contributed by atoms with Crippen molar-refractivity contribution in [3.63, 3.8) is 0 Å². The van der Waals surface area contributed by atoms with Gasteiger partial charge in [0.25, 0.3) is 6.47 Å². The Morgan fingerprint density at radius 3 is 2.07 bits per heavy atom. The highest BCUT2D eigenvalue weighted by atomic mass is 16.5. The van der Waals surface area contributed by atoms with Crippen molar-refractivity contribution in [2.45, 2.75) is 32.3 Å². The van der Waals surface area contributed by atoms with Crippen molar-refractivity contribution in [2.75, 3.05) is 0 Å². The predicted octanol–water partition coefficient (Wildman–Crippen LogP) is 2.92. The second kappa shape index (κ2) is 7.13. The molecule has 0 atom stereocenters. The van der Waals surface area contributed by atoms with Gasteiger partial charge in [0, 0.05) is 0 Å². The van der Waals surface area contributed by atoms with Gasteiger partial charge in [-0.05, 0) is 5.56 Å². The van der Waals surface area contributed by atoms with E-state index in [0.717, 1.165) is 5.56 Å². The molecule has 1 fully saturated rings. The Hall–Kier alpha value is -1.31. The van der Waals surface area contributed by atoms with E-state index < -0.39 is 0 Å². The molecule has 0 bridgehead atoms. The lowest BCUT2D eigenvalue weighted by Gasteiger charge is -2.05. The van der Waals surface area contributed by atoms with Crippen LogP contribution in [0.4, 0.5) is 0 Å². The molecule has 1 aromatic rings. The van der Waals surface area contributed by atoms with Crippen LogP contribution >= 0.6 is 0 Å². The summed E-state index contributed by atoms with van der Waals surface area (Å²) in [4.78, 5) is 9.76. The first-order chi connectivity index (χ1) is 6.93. The van der Waals surface area contributed by atoms with E-state index in [0.29, 0.717) is 13.1 Å². The Bertz CT molecular complexity index is 236. The van der Waals surface area contributed by atoms with Crippen molar-refractivity contribution in [3.8, 4) is 0 Å². The summed E-state index contributed by atoms with van der Waals surface area (Å²) in [7, 11) is 0. The van der Waals surface area contributed by atoms with E-state index in [2.05, 4.69) is 4.74 Å². The SMILES string of the molecule is C1CCC1.O=COCc1ccccc1. The molecule has 1 aliphatic rings. The van der Waals surface area contributed by atoms with Crippen molar-refractivity contribution in [1.29, 1.82) is 0 Å². The van der Waals surface area contributed by atoms with Crippen molar-refractivity contribution in [2.24, 2.45) is 0 Å². The molecule has 2 rings (SSSR count). The molecule has 0 heterocycles. The van der Waals surface area contributed by atoms with E-state index in [1.807, 2.05) is 30.3 Å². The summed E-state index contributed by atoms with van der Waals surface area (Å²) < 4.78 is 4.54. The highest BCUT2D eigenvalue weighted by Gasteiger charge is 1.95. The molecule has 2 heteroatoms. The van der Waals surface area contributed by atoms with Gasteiger partial charge in [0.1, 0.15) is 6.61 Å². The van der Waals surface area contributed by atoms with E-state index in [1.54, 1.807) is 0 Å². The van der Waals surface area contributed by atoms with Crippen LogP contribution < -0.4 is 0 Å². The van der Waals surface area contributed by atoms with Crippen LogP contribution in [0.3, 0.4) is 0 Å². The lowest BCUT2D eigenvalue weighted by atomic mass is 10.0. The Labute approximate surface area is 84.9 Å². The van der Waals surface area contributed by atoms with Gasteiger partial charge in [-0.15, -0.1) is 0 Å². The van der Waals surface area contributed by atoms with Crippen LogP contribution in [0.25, 0.3) is 0 Å². The van der Waals surface area contributed by atoms with Crippen LogP contribution in [0.2, 0.25) is 0 Å². The number of rotatable bonds is 3. The van der Waals surface area contributed by atoms with Crippen LogP contribution in [-0.4, -0.2) is 6.47 Å². The Kier molecular flexibility index (Phi) is 5.48. The largest absolute Gasteiger partial charge is 0.463 e. The number of hydrogen-bond donors (Lipinski definition) is 0. The highest BCUT2D eigenvalue weighted by molar-refractivity contribution is 5.37. The third-order valence-corrected chi connectivity index (χ3v) is 2.16. The number of ether oxygens (including phenoxy) is 1. The summed E-state index contributed by atoms with van der Waals surface area (Å²) in [5.74, 6) is 0. The van der Waals surface area contributed by atoms with E-state index in [-0.39, 0.29) is 0 Å². The Balaban J connectivity index is 0.000000203. The maximum absolute atomic E-state index is 9.76. The fourth-order valence-corrected chi connectivity index (χ4v) is 0.954. The number of carbonyl (C=O) groups is 1. The van der Waals surface area contributed by atoms with E-state index in [1.165, 1.54) is 25.7 Å². The van der Waals surface area contributed by atoms with Crippen LogP contribution in [0.1, 0.15) is 31.2 Å². The van der Waals surface area contributed by atoms with Gasteiger partial charge >= 0.3 is 0 Å². The monoisotopic (exact) mass is 192 g/mol. The third-order valence-electron chi connectivity index (χ3n) is 2.16. The van der Waals surface area contributed by atoms with Gasteiger partial charge in [-0.2, -0.15) is 0 Å². The van der Waals surface area contributed by atoms with Crippen LogP contribution in [0.15, 0.2) is 30.3 Å². The molecule has 2 nitrogen and oxygen atoms in total. The van der Waals surface area contributed by atoms with Crippen molar-refractivity contribution in [3.05, 3.63) is 35.9 Å². The van der Waals surface area contributed by atoms with Gasteiger partial charge in [-0.1, -0.05) is 56.0 Å². The van der Waals surface area contributed by atoms with E-state index >= 15 is 0 Å². The average Bonchev–Trinajstić information content (AvgIpc) is 2.14. The molecule has 0 N–H and O–H groups in total. The lowest BCUT2D eigenvalue weighted by Crippen LogP contribution is -1.88. The standard InChI is InChI=1S/C8H8O2.C4H8/c9-7-10-6-8-4-2-1-3-5-8;1-2-4-3-1/h1-5,7H,6H2;1-4H2. The van der Waals surface area contributed by atoms with Gasteiger partial charge in [0.05, 0.1) is 0 Å². The molecule has 0 radical (unpaired) electrons. The zero-order valence-corrected chi connectivity index (χ0v) is 8.32. The zero-order valence-electron chi connectivity index (χ0n) is 8.32. The van der Waals surface area contributed by atoms with Crippen molar-refractivity contribution < 1.29 is 9.53 Å². The maximum atomic E-state index is 9.76. The highest BCUT2D eigenvalue weighted by Crippen LogP contribution is 2.15. The van der Waals surface area contributed by atoms with Gasteiger partial charge in [0.2, 0.25) is 0 Å². The molecule has 1 saturated carbocycles. The number of hydrogen-bond acceptors (Lipinski definition) is 2. The minimum Gasteiger partial charge on any atom is -0.463 e. The molecular formula is C12H16O2. The van der Waals surface area contributed by atoms with Crippen molar-refractivity contribution in [1.82, 2.24) is 0 Å². The molecule has 1 aliphatic carbocycles. The maximum Gasteiger partial charge on any atom is 0.293 e. The summed E-state index contributed by atoms with van der Waals surface area (Å²) >= 11 is 0. The third kappa shape index (κ3) is 4.65. The van der Waals surface area contributed by atoms with Crippen LogP contribution in [0, 0.1) is 0 Å². The smallest absolute Gasteiger partial charge is 0.293 e. The van der Waals surface area contributed by atoms with E-state index in [9.17, 15) is 4.79 Å². The molecule has 1 aromatic carbocycles. The summed E-state index contributed by atoms with van der Waals surface area (Å²) in [6.07, 6.45) is 6.00. The second-order valence-corrected chi connectivity index (χ2v) is 3.31. The summed E-state index contributed by atoms with van der Waals surface area (Å²) in [5.41, 5.74) is 1.01. The Morgan fingerprint density at radius 2 is 1.64 bits per heavy atom. The normalized spacial score (nSPS) is 13.1. The van der Waals surface area contributed by atoms with E-state index in [4.69, 9.17) is 0 Å². The molecule has 0 amide bonds. The zero-order chi connectivity index (χ0) is 10.1. The minimum absolute atomic E-state index is 0.365. The quantitative estimate of drug-likeness (QED) is 0.688. The number of carbonyl (C=O) groups excluding carboxylic acids is 1.